The van der Waals surface area contributed by atoms with Gasteiger partial charge in [-0.05, 0) is 67.2 Å². The molecule has 1 saturated carbocycles. The van der Waals surface area contributed by atoms with Crippen LogP contribution in [0.5, 0.6) is 0 Å². The van der Waals surface area contributed by atoms with Crippen molar-refractivity contribution < 1.29 is 18.7 Å². The summed E-state index contributed by atoms with van der Waals surface area (Å²) < 4.78 is 17.3. The van der Waals surface area contributed by atoms with E-state index in [9.17, 15) is 9.59 Å². The molecular formula is C27H34O5S. The molecular weight excluding hydrogens is 436 g/mol. The first kappa shape index (κ1) is 24.1. The lowest BCUT2D eigenvalue weighted by atomic mass is 9.49. The molecule has 2 aliphatic rings. The Balaban J connectivity index is 1.66. The molecule has 2 aromatic rings. The van der Waals surface area contributed by atoms with E-state index in [2.05, 4.69) is 20.8 Å². The first-order chi connectivity index (χ1) is 15.7. The number of esters is 1. The van der Waals surface area contributed by atoms with Gasteiger partial charge in [-0.25, -0.2) is 4.79 Å². The second-order valence-electron chi connectivity index (χ2n) is 10.0. The predicted octanol–water partition coefficient (Wildman–Crippen LogP) is 5.69. The molecule has 5 nitrogen and oxygen atoms in total. The Kier molecular flexibility index (Phi) is 6.79. The Bertz CT molecular complexity index is 1060. The molecule has 0 amide bonds. The van der Waals surface area contributed by atoms with Crippen molar-refractivity contribution in [3.63, 3.8) is 0 Å². The van der Waals surface area contributed by atoms with E-state index in [0.717, 1.165) is 47.5 Å². The van der Waals surface area contributed by atoms with E-state index in [0.29, 0.717) is 0 Å². The quantitative estimate of drug-likeness (QED) is 0.307. The molecule has 2 aliphatic carbocycles. The Morgan fingerprint density at radius 2 is 1.94 bits per heavy atom. The van der Waals surface area contributed by atoms with E-state index < -0.39 is 5.41 Å². The number of ether oxygens (including phenoxy) is 2. The molecule has 4 rings (SSSR count). The van der Waals surface area contributed by atoms with Gasteiger partial charge in [0.15, 0.2) is 0 Å². The van der Waals surface area contributed by atoms with Crippen molar-refractivity contribution in [2.45, 2.75) is 75.7 Å². The average molecular weight is 471 g/mol. The highest BCUT2D eigenvalue weighted by Crippen LogP contribution is 2.58. The fraction of sp³-hybridized carbons (Fsp3) is 0.556. The summed E-state index contributed by atoms with van der Waals surface area (Å²) in [4.78, 5) is 27.2. The SMILES string of the molecule is CO[C@H]1CC[C@]2(C)c3cc(=O)oc(C(C)C)c3CC[C@H]2[C@@]1(C)C(=O)OCSc1ccccc1. The number of methoxy groups -OCH3 is 1. The number of hydrogen-bond acceptors (Lipinski definition) is 6. The molecule has 1 heterocycles. The van der Waals surface area contributed by atoms with E-state index in [1.807, 2.05) is 37.3 Å². The molecule has 0 aliphatic heterocycles. The second kappa shape index (κ2) is 9.30. The van der Waals surface area contributed by atoms with Gasteiger partial charge in [0.2, 0.25) is 0 Å². The van der Waals surface area contributed by atoms with Gasteiger partial charge in [0.1, 0.15) is 11.7 Å². The lowest BCUT2D eigenvalue weighted by molar-refractivity contribution is -0.179. The van der Waals surface area contributed by atoms with Crippen LogP contribution in [0.4, 0.5) is 0 Å². The van der Waals surface area contributed by atoms with Crippen LogP contribution in [0.25, 0.3) is 0 Å². The third kappa shape index (κ3) is 4.17. The molecule has 6 heteroatoms. The number of carbonyl (C=O) groups excluding carboxylic acids is 1. The zero-order valence-electron chi connectivity index (χ0n) is 20.2. The van der Waals surface area contributed by atoms with E-state index in [4.69, 9.17) is 13.9 Å². The maximum atomic E-state index is 13.6. The maximum Gasteiger partial charge on any atom is 0.336 e. The Hall–Kier alpha value is -2.05. The van der Waals surface area contributed by atoms with Gasteiger partial charge in [0.25, 0.3) is 0 Å². The monoisotopic (exact) mass is 470 g/mol. The van der Waals surface area contributed by atoms with Crippen LogP contribution in [-0.2, 0) is 26.1 Å². The molecule has 1 aromatic carbocycles. The van der Waals surface area contributed by atoms with Gasteiger partial charge in [-0.2, -0.15) is 0 Å². The van der Waals surface area contributed by atoms with Crippen LogP contribution in [0.1, 0.15) is 69.8 Å². The highest BCUT2D eigenvalue weighted by molar-refractivity contribution is 7.99. The standard InChI is InChI=1S/C27H34O5S/c1-17(2)24-19-11-12-21-26(3,20(19)15-23(28)32-24)14-13-22(30-5)27(21,4)25(29)31-16-33-18-9-7-6-8-10-18/h6-10,15,17,21-22H,11-14,16H2,1-5H3/t21-,22+,26-,27-/m1/s1. The van der Waals surface area contributed by atoms with Crippen molar-refractivity contribution in [2.75, 3.05) is 13.0 Å². The van der Waals surface area contributed by atoms with Crippen molar-refractivity contribution in [2.24, 2.45) is 11.3 Å². The number of rotatable bonds is 6. The Morgan fingerprint density at radius 3 is 2.61 bits per heavy atom. The van der Waals surface area contributed by atoms with Gasteiger partial charge in [0, 0.05) is 24.0 Å². The summed E-state index contributed by atoms with van der Waals surface area (Å²) in [6.07, 6.45) is 2.97. The largest absolute Gasteiger partial charge is 0.454 e. The number of carbonyl (C=O) groups is 1. The van der Waals surface area contributed by atoms with Gasteiger partial charge < -0.3 is 13.9 Å². The molecule has 0 radical (unpaired) electrons. The number of thioether (sulfide) groups is 1. The van der Waals surface area contributed by atoms with Gasteiger partial charge in [-0.15, -0.1) is 0 Å². The molecule has 0 N–H and O–H groups in total. The molecule has 178 valence electrons. The van der Waals surface area contributed by atoms with Crippen LogP contribution < -0.4 is 5.63 Å². The summed E-state index contributed by atoms with van der Waals surface area (Å²) in [5.74, 6) is 0.969. The van der Waals surface area contributed by atoms with Gasteiger partial charge >= 0.3 is 11.6 Å². The topological polar surface area (TPSA) is 65.7 Å². The predicted molar refractivity (Wildman–Crippen MR) is 130 cm³/mol. The summed E-state index contributed by atoms with van der Waals surface area (Å²) in [5.41, 5.74) is 0.769. The number of benzene rings is 1. The summed E-state index contributed by atoms with van der Waals surface area (Å²) in [5, 5.41) is 0. The zero-order chi connectivity index (χ0) is 23.8. The van der Waals surface area contributed by atoms with Crippen molar-refractivity contribution in [1.82, 2.24) is 0 Å². The van der Waals surface area contributed by atoms with Gasteiger partial charge in [-0.1, -0.05) is 50.7 Å². The second-order valence-corrected chi connectivity index (χ2v) is 11.0. The summed E-state index contributed by atoms with van der Waals surface area (Å²) in [6, 6.07) is 11.6. The fourth-order valence-corrected chi connectivity index (χ4v) is 6.90. The Morgan fingerprint density at radius 1 is 1.21 bits per heavy atom. The third-order valence-corrected chi connectivity index (χ3v) is 8.73. The molecule has 0 saturated heterocycles. The number of fused-ring (bicyclic) bond motifs is 3. The first-order valence-corrected chi connectivity index (χ1v) is 12.8. The van der Waals surface area contributed by atoms with Crippen LogP contribution in [0, 0.1) is 11.3 Å². The fourth-order valence-electron chi connectivity index (χ4n) is 6.25. The lowest BCUT2D eigenvalue weighted by Crippen LogP contribution is -2.59. The van der Waals surface area contributed by atoms with Gasteiger partial charge in [-0.3, -0.25) is 4.79 Å². The summed E-state index contributed by atoms with van der Waals surface area (Å²) in [7, 11) is 1.68. The molecule has 0 unspecified atom stereocenters. The number of hydrogen-bond donors (Lipinski definition) is 0. The lowest BCUT2D eigenvalue weighted by Gasteiger charge is -2.56. The minimum absolute atomic E-state index is 0.00670. The smallest absolute Gasteiger partial charge is 0.336 e. The molecule has 0 spiro atoms. The van der Waals surface area contributed by atoms with Crippen molar-refractivity contribution in [1.29, 1.82) is 0 Å². The normalized spacial score (nSPS) is 28.8. The van der Waals surface area contributed by atoms with Crippen LogP contribution in [0.3, 0.4) is 0 Å². The van der Waals surface area contributed by atoms with Crippen molar-refractivity contribution >= 4 is 17.7 Å². The van der Waals surface area contributed by atoms with E-state index >= 15 is 0 Å². The minimum atomic E-state index is -0.801. The highest BCUT2D eigenvalue weighted by atomic mass is 32.2. The van der Waals surface area contributed by atoms with Crippen molar-refractivity contribution in [3.05, 3.63) is 63.7 Å². The van der Waals surface area contributed by atoms with Crippen LogP contribution >= 0.6 is 11.8 Å². The zero-order valence-corrected chi connectivity index (χ0v) is 21.0. The first-order valence-electron chi connectivity index (χ1n) is 11.8. The van der Waals surface area contributed by atoms with E-state index in [1.54, 1.807) is 13.2 Å². The van der Waals surface area contributed by atoms with Crippen LogP contribution in [-0.4, -0.2) is 25.1 Å². The van der Waals surface area contributed by atoms with E-state index in [1.165, 1.54) is 11.8 Å². The molecule has 33 heavy (non-hydrogen) atoms. The van der Waals surface area contributed by atoms with E-state index in [-0.39, 0.29) is 40.9 Å². The summed E-state index contributed by atoms with van der Waals surface area (Å²) >= 11 is 1.51. The minimum Gasteiger partial charge on any atom is -0.454 e. The molecule has 0 bridgehead atoms. The Labute approximate surface area is 200 Å². The average Bonchev–Trinajstić information content (AvgIpc) is 2.79. The van der Waals surface area contributed by atoms with Gasteiger partial charge in [0.05, 0.1) is 11.5 Å². The molecule has 4 atom stereocenters. The van der Waals surface area contributed by atoms with Crippen LogP contribution in [0.2, 0.25) is 0 Å². The third-order valence-electron chi connectivity index (χ3n) is 7.89. The van der Waals surface area contributed by atoms with Crippen molar-refractivity contribution in [3.8, 4) is 0 Å². The van der Waals surface area contributed by atoms with Crippen LogP contribution in [0.15, 0.2) is 50.5 Å². The summed E-state index contributed by atoms with van der Waals surface area (Å²) in [6.45, 7) is 8.31. The maximum absolute atomic E-state index is 13.6. The molecule has 1 aromatic heterocycles. The highest BCUT2D eigenvalue weighted by Gasteiger charge is 2.61. The molecule has 1 fully saturated rings.